The lowest BCUT2D eigenvalue weighted by Crippen LogP contribution is -2.04. The van der Waals surface area contributed by atoms with E-state index in [-0.39, 0.29) is 11.5 Å². The van der Waals surface area contributed by atoms with Gasteiger partial charge in [-0.1, -0.05) is 60.7 Å². The van der Waals surface area contributed by atoms with E-state index < -0.39 is 5.92 Å². The van der Waals surface area contributed by atoms with Crippen LogP contribution in [-0.4, -0.2) is 16.5 Å². The van der Waals surface area contributed by atoms with Crippen LogP contribution in [0.15, 0.2) is 72.8 Å². The van der Waals surface area contributed by atoms with Crippen LogP contribution in [0.4, 0.5) is 0 Å². The molecule has 0 spiro atoms. The third-order valence-electron chi connectivity index (χ3n) is 4.68. The van der Waals surface area contributed by atoms with Crippen LogP contribution in [0.25, 0.3) is 21.5 Å². The molecule has 0 unspecified atom stereocenters. The summed E-state index contributed by atoms with van der Waals surface area (Å²) in [5.41, 5.74) is 1.67. The zero-order valence-electron chi connectivity index (χ0n) is 13.4. The molecule has 0 fully saturated rings. The van der Waals surface area contributed by atoms with Gasteiger partial charge in [0.15, 0.2) is 0 Å². The van der Waals surface area contributed by atoms with Crippen LogP contribution in [-0.2, 0) is 4.79 Å². The van der Waals surface area contributed by atoms with E-state index in [2.05, 4.69) is 0 Å². The molecule has 0 saturated heterocycles. The third kappa shape index (κ3) is 2.41. The maximum Gasteiger partial charge on any atom is 0.131 e. The average molecular weight is 328 g/mol. The molecule has 2 N–H and O–H groups in total. The number of aldehydes is 1. The molecule has 25 heavy (non-hydrogen) atoms. The Morgan fingerprint density at radius 3 is 1.40 bits per heavy atom. The summed E-state index contributed by atoms with van der Waals surface area (Å²) >= 11 is 0. The minimum absolute atomic E-state index is 0.194. The lowest BCUT2D eigenvalue weighted by Gasteiger charge is -2.17. The maximum atomic E-state index is 12.0. The van der Waals surface area contributed by atoms with E-state index in [1.165, 1.54) is 0 Å². The van der Waals surface area contributed by atoms with Crippen LogP contribution in [0.1, 0.15) is 17.0 Å². The second-order valence-electron chi connectivity index (χ2n) is 6.05. The summed E-state index contributed by atoms with van der Waals surface area (Å²) < 4.78 is 0. The smallest absolute Gasteiger partial charge is 0.131 e. The van der Waals surface area contributed by atoms with Crippen LogP contribution < -0.4 is 0 Å². The van der Waals surface area contributed by atoms with Crippen LogP contribution in [0.2, 0.25) is 0 Å². The number of hydrogen-bond donors (Lipinski definition) is 2. The topological polar surface area (TPSA) is 57.5 Å². The van der Waals surface area contributed by atoms with E-state index in [0.29, 0.717) is 0 Å². The van der Waals surface area contributed by atoms with Crippen LogP contribution in [0, 0.1) is 0 Å². The number of phenols is 2. The highest BCUT2D eigenvalue weighted by Crippen LogP contribution is 2.38. The van der Waals surface area contributed by atoms with E-state index >= 15 is 0 Å². The van der Waals surface area contributed by atoms with Crippen molar-refractivity contribution >= 4 is 27.8 Å². The van der Waals surface area contributed by atoms with E-state index in [9.17, 15) is 15.0 Å². The molecule has 122 valence electrons. The minimum Gasteiger partial charge on any atom is -0.507 e. The number of benzene rings is 4. The van der Waals surface area contributed by atoms with E-state index in [1.54, 1.807) is 24.3 Å². The number of rotatable bonds is 3. The van der Waals surface area contributed by atoms with Crippen LogP contribution in [0.5, 0.6) is 11.5 Å². The number of aromatic hydroxyl groups is 2. The van der Waals surface area contributed by atoms with Gasteiger partial charge < -0.3 is 15.0 Å². The molecular formula is C22H16O3. The molecule has 0 aromatic heterocycles. The normalized spacial score (nSPS) is 11.2. The molecule has 0 heterocycles. The molecule has 0 amide bonds. The SMILES string of the molecule is O=CC(c1ccc(O)c2ccccc12)c1ccc(O)c2ccccc12. The Kier molecular flexibility index (Phi) is 3.62. The van der Waals surface area contributed by atoms with Gasteiger partial charge in [-0.15, -0.1) is 0 Å². The molecule has 4 aromatic carbocycles. The standard InChI is InChI=1S/C22H16O3/c23-13-20(16-9-11-21(24)18-7-3-1-5-14(16)18)17-10-12-22(25)19-8-4-2-6-15(17)19/h1-13,20,24-25H. The minimum atomic E-state index is -0.490. The summed E-state index contributed by atoms with van der Waals surface area (Å²) in [6.07, 6.45) is 0.914. The van der Waals surface area contributed by atoms with Crippen molar-refractivity contribution in [2.45, 2.75) is 5.92 Å². The first-order chi connectivity index (χ1) is 12.2. The highest BCUT2D eigenvalue weighted by atomic mass is 16.3. The second kappa shape index (κ2) is 5.95. The van der Waals surface area contributed by atoms with Gasteiger partial charge in [-0.3, -0.25) is 0 Å². The largest absolute Gasteiger partial charge is 0.507 e. The van der Waals surface area contributed by atoms with Gasteiger partial charge in [0.1, 0.15) is 17.8 Å². The highest BCUT2D eigenvalue weighted by Gasteiger charge is 2.20. The van der Waals surface area contributed by atoms with Crippen molar-refractivity contribution in [1.29, 1.82) is 0 Å². The number of carbonyl (C=O) groups excluding carboxylic acids is 1. The van der Waals surface area contributed by atoms with E-state index in [0.717, 1.165) is 39.0 Å². The molecule has 3 heteroatoms. The first kappa shape index (κ1) is 15.2. The van der Waals surface area contributed by atoms with Crippen molar-refractivity contribution in [3.63, 3.8) is 0 Å². The molecule has 0 radical (unpaired) electrons. The van der Waals surface area contributed by atoms with Gasteiger partial charge in [-0.05, 0) is 34.0 Å². The van der Waals surface area contributed by atoms with Crippen molar-refractivity contribution in [2.24, 2.45) is 0 Å². The number of carbonyl (C=O) groups is 1. The molecule has 4 rings (SSSR count). The molecular weight excluding hydrogens is 312 g/mol. The predicted molar refractivity (Wildman–Crippen MR) is 99.1 cm³/mol. The quantitative estimate of drug-likeness (QED) is 0.534. The Labute approximate surface area is 144 Å². The molecule has 3 nitrogen and oxygen atoms in total. The summed E-state index contributed by atoms with van der Waals surface area (Å²) in [7, 11) is 0. The Balaban J connectivity index is 2.01. The van der Waals surface area contributed by atoms with Gasteiger partial charge >= 0.3 is 0 Å². The summed E-state index contributed by atoms with van der Waals surface area (Å²) in [5, 5.41) is 23.3. The molecule has 0 aliphatic carbocycles. The summed E-state index contributed by atoms with van der Waals surface area (Å²) in [6.45, 7) is 0. The monoisotopic (exact) mass is 328 g/mol. The predicted octanol–water partition coefficient (Wildman–Crippen LogP) is 4.74. The van der Waals surface area contributed by atoms with Crippen molar-refractivity contribution in [3.05, 3.63) is 83.9 Å². The fourth-order valence-corrected chi connectivity index (χ4v) is 3.47. The van der Waals surface area contributed by atoms with Gasteiger partial charge in [0, 0.05) is 10.8 Å². The van der Waals surface area contributed by atoms with Crippen molar-refractivity contribution in [3.8, 4) is 11.5 Å². The Morgan fingerprint density at radius 1 is 0.600 bits per heavy atom. The molecule has 0 bridgehead atoms. The number of hydrogen-bond acceptors (Lipinski definition) is 3. The van der Waals surface area contributed by atoms with E-state index in [4.69, 9.17) is 0 Å². The maximum absolute atomic E-state index is 12.0. The highest BCUT2D eigenvalue weighted by molar-refractivity contribution is 5.97. The lowest BCUT2D eigenvalue weighted by molar-refractivity contribution is -0.108. The van der Waals surface area contributed by atoms with E-state index in [1.807, 2.05) is 48.5 Å². The fourth-order valence-electron chi connectivity index (χ4n) is 3.47. The third-order valence-corrected chi connectivity index (χ3v) is 4.68. The molecule has 0 aliphatic heterocycles. The van der Waals surface area contributed by atoms with Gasteiger partial charge in [0.2, 0.25) is 0 Å². The average Bonchev–Trinajstić information content (AvgIpc) is 2.66. The molecule has 0 atom stereocenters. The summed E-state index contributed by atoms with van der Waals surface area (Å²) in [6, 6.07) is 21.8. The van der Waals surface area contributed by atoms with Crippen molar-refractivity contribution in [2.75, 3.05) is 0 Å². The number of fused-ring (bicyclic) bond motifs is 2. The zero-order valence-corrected chi connectivity index (χ0v) is 13.4. The van der Waals surface area contributed by atoms with Crippen molar-refractivity contribution < 1.29 is 15.0 Å². The van der Waals surface area contributed by atoms with Crippen molar-refractivity contribution in [1.82, 2.24) is 0 Å². The fraction of sp³-hybridized carbons (Fsp3) is 0.0455. The Bertz CT molecular complexity index is 1010. The van der Waals surface area contributed by atoms with Crippen LogP contribution >= 0.6 is 0 Å². The first-order valence-electron chi connectivity index (χ1n) is 8.07. The Hall–Kier alpha value is -3.33. The first-order valence-corrected chi connectivity index (χ1v) is 8.07. The van der Waals surface area contributed by atoms with Gasteiger partial charge in [-0.25, -0.2) is 0 Å². The number of phenolic OH excluding ortho intramolecular Hbond substituents is 2. The molecule has 0 saturated carbocycles. The molecule has 0 aliphatic rings. The van der Waals surface area contributed by atoms with Gasteiger partial charge in [-0.2, -0.15) is 0 Å². The molecule has 4 aromatic rings. The zero-order chi connectivity index (χ0) is 17.4. The lowest BCUT2D eigenvalue weighted by atomic mass is 9.86. The van der Waals surface area contributed by atoms with Crippen LogP contribution in [0.3, 0.4) is 0 Å². The second-order valence-corrected chi connectivity index (χ2v) is 6.05. The summed E-state index contributed by atoms with van der Waals surface area (Å²) in [4.78, 5) is 12.0. The Morgan fingerprint density at radius 2 is 1.00 bits per heavy atom. The summed E-state index contributed by atoms with van der Waals surface area (Å²) in [5.74, 6) is -0.102. The van der Waals surface area contributed by atoms with Gasteiger partial charge in [0.05, 0.1) is 5.92 Å². The van der Waals surface area contributed by atoms with Gasteiger partial charge in [0.25, 0.3) is 0 Å².